The number of benzene rings is 3. The van der Waals surface area contributed by atoms with Crippen molar-refractivity contribution in [2.45, 2.75) is 76.9 Å². The Balaban J connectivity index is 1.39. The molecule has 1 N–H and O–H groups in total. The largest absolute Gasteiger partial charge is 0.486 e. The summed E-state index contributed by atoms with van der Waals surface area (Å²) in [6, 6.07) is 23.7. The molecule has 3 aromatic carbocycles. The maximum absolute atomic E-state index is 14.0. The van der Waals surface area contributed by atoms with E-state index in [4.69, 9.17) is 9.47 Å². The number of amides is 2. The van der Waals surface area contributed by atoms with E-state index in [0.717, 1.165) is 59.4 Å². The molecule has 3 aromatic rings. The van der Waals surface area contributed by atoms with Gasteiger partial charge in [-0.05, 0) is 55.0 Å². The molecule has 210 valence electrons. The van der Waals surface area contributed by atoms with Crippen LogP contribution in [-0.2, 0) is 29.0 Å². The molecule has 1 unspecified atom stereocenters. The maximum Gasteiger partial charge on any atom is 0.243 e. The number of ether oxygens (including phenoxy) is 2. The van der Waals surface area contributed by atoms with Crippen LogP contribution in [0.15, 0.2) is 72.8 Å². The fourth-order valence-corrected chi connectivity index (χ4v) is 5.63. The number of aryl methyl sites for hydroxylation is 2. The van der Waals surface area contributed by atoms with E-state index < -0.39 is 6.04 Å². The van der Waals surface area contributed by atoms with Gasteiger partial charge in [-0.25, -0.2) is 0 Å². The van der Waals surface area contributed by atoms with Gasteiger partial charge in [0.2, 0.25) is 11.8 Å². The summed E-state index contributed by atoms with van der Waals surface area (Å²) in [5, 5.41) is 3.31. The standard InChI is InChI=1S/C34H40N2O4/c1-25-12-14-28(15-13-25)24-36(33(37)19-17-27-16-18-31-32(23-27)40-21-20-39-31)30(22-26-8-4-2-5-9-26)34(38)35-29-10-6-3-7-11-29/h2,4-5,8-9,12-16,18,23,29-30H,3,6-7,10-11,17,19-22,24H2,1H3,(H,35,38). The number of hydrogen-bond acceptors (Lipinski definition) is 4. The molecular weight excluding hydrogens is 500 g/mol. The molecule has 1 aliphatic heterocycles. The summed E-state index contributed by atoms with van der Waals surface area (Å²) in [7, 11) is 0. The van der Waals surface area contributed by atoms with E-state index in [0.29, 0.717) is 39.0 Å². The Morgan fingerprint density at radius 2 is 1.55 bits per heavy atom. The minimum Gasteiger partial charge on any atom is -0.486 e. The van der Waals surface area contributed by atoms with Gasteiger partial charge in [-0.1, -0.05) is 85.5 Å². The highest BCUT2D eigenvalue weighted by Crippen LogP contribution is 2.31. The number of carbonyl (C=O) groups excluding carboxylic acids is 2. The van der Waals surface area contributed by atoms with Gasteiger partial charge in [-0.15, -0.1) is 0 Å². The van der Waals surface area contributed by atoms with Crippen LogP contribution in [0.4, 0.5) is 0 Å². The van der Waals surface area contributed by atoms with E-state index in [9.17, 15) is 9.59 Å². The van der Waals surface area contributed by atoms with Gasteiger partial charge >= 0.3 is 0 Å². The molecule has 1 atom stereocenters. The van der Waals surface area contributed by atoms with Gasteiger partial charge in [0.1, 0.15) is 19.3 Å². The summed E-state index contributed by atoms with van der Waals surface area (Å²) < 4.78 is 11.4. The second-order valence-corrected chi connectivity index (χ2v) is 11.0. The molecule has 2 aliphatic rings. The minimum absolute atomic E-state index is 0.0322. The van der Waals surface area contributed by atoms with E-state index in [1.54, 1.807) is 4.90 Å². The molecule has 5 rings (SSSR count). The number of fused-ring (bicyclic) bond motifs is 1. The molecular formula is C34H40N2O4. The molecule has 0 bridgehead atoms. The van der Waals surface area contributed by atoms with Crippen molar-refractivity contribution in [2.75, 3.05) is 13.2 Å². The second kappa shape index (κ2) is 13.5. The molecule has 40 heavy (non-hydrogen) atoms. The quantitative estimate of drug-likeness (QED) is 0.354. The van der Waals surface area contributed by atoms with E-state index >= 15 is 0 Å². The number of hydrogen-bond donors (Lipinski definition) is 1. The number of nitrogens with one attached hydrogen (secondary N) is 1. The average molecular weight is 541 g/mol. The first-order chi connectivity index (χ1) is 19.5. The summed E-state index contributed by atoms with van der Waals surface area (Å²) in [4.78, 5) is 29.7. The van der Waals surface area contributed by atoms with Crippen LogP contribution < -0.4 is 14.8 Å². The number of nitrogens with zero attached hydrogens (tertiary/aromatic N) is 1. The first kappa shape index (κ1) is 27.8. The lowest BCUT2D eigenvalue weighted by molar-refractivity contribution is -0.141. The second-order valence-electron chi connectivity index (χ2n) is 11.0. The lowest BCUT2D eigenvalue weighted by Gasteiger charge is -2.33. The van der Waals surface area contributed by atoms with Crippen molar-refractivity contribution in [3.8, 4) is 11.5 Å². The third-order valence-corrected chi connectivity index (χ3v) is 7.93. The normalized spacial score (nSPS) is 15.7. The highest BCUT2D eigenvalue weighted by molar-refractivity contribution is 5.88. The van der Waals surface area contributed by atoms with Crippen LogP contribution in [0.1, 0.15) is 60.8 Å². The lowest BCUT2D eigenvalue weighted by Crippen LogP contribution is -2.52. The summed E-state index contributed by atoms with van der Waals surface area (Å²) in [5.74, 6) is 1.37. The van der Waals surface area contributed by atoms with Crippen LogP contribution >= 0.6 is 0 Å². The smallest absolute Gasteiger partial charge is 0.243 e. The van der Waals surface area contributed by atoms with E-state index in [-0.39, 0.29) is 17.9 Å². The first-order valence-corrected chi connectivity index (χ1v) is 14.6. The molecule has 6 heteroatoms. The van der Waals surface area contributed by atoms with Crippen molar-refractivity contribution in [1.82, 2.24) is 10.2 Å². The predicted octanol–water partition coefficient (Wildman–Crippen LogP) is 5.79. The highest BCUT2D eigenvalue weighted by Gasteiger charge is 2.31. The SMILES string of the molecule is Cc1ccc(CN(C(=O)CCc2ccc3c(c2)OCCO3)C(Cc2ccccc2)C(=O)NC2CCCCC2)cc1. The van der Waals surface area contributed by atoms with E-state index in [2.05, 4.69) is 36.5 Å². The minimum atomic E-state index is -0.599. The zero-order valence-electron chi connectivity index (χ0n) is 23.4. The molecule has 0 aromatic heterocycles. The first-order valence-electron chi connectivity index (χ1n) is 14.6. The maximum atomic E-state index is 14.0. The Morgan fingerprint density at radius 1 is 0.850 bits per heavy atom. The Kier molecular flexibility index (Phi) is 9.38. The van der Waals surface area contributed by atoms with E-state index in [1.165, 1.54) is 6.42 Å². The van der Waals surface area contributed by atoms with Gasteiger partial charge in [0.05, 0.1) is 0 Å². The molecule has 1 aliphatic carbocycles. The number of rotatable bonds is 10. The van der Waals surface area contributed by atoms with Crippen molar-refractivity contribution in [1.29, 1.82) is 0 Å². The van der Waals surface area contributed by atoms with Crippen molar-refractivity contribution >= 4 is 11.8 Å². The van der Waals surface area contributed by atoms with Crippen LogP contribution in [0.2, 0.25) is 0 Å². The van der Waals surface area contributed by atoms with Gasteiger partial charge in [-0.3, -0.25) is 9.59 Å². The zero-order chi connectivity index (χ0) is 27.7. The molecule has 6 nitrogen and oxygen atoms in total. The van der Waals surface area contributed by atoms with Crippen molar-refractivity contribution < 1.29 is 19.1 Å². The van der Waals surface area contributed by atoms with Gasteiger partial charge in [0, 0.05) is 25.4 Å². The molecule has 0 saturated heterocycles. The Labute approximate surface area is 237 Å². The fraction of sp³-hybridized carbons (Fsp3) is 0.412. The van der Waals surface area contributed by atoms with Crippen molar-refractivity contribution in [2.24, 2.45) is 0 Å². The van der Waals surface area contributed by atoms with Gasteiger partial charge in [0.25, 0.3) is 0 Å². The molecule has 1 fully saturated rings. The van der Waals surface area contributed by atoms with Gasteiger partial charge in [-0.2, -0.15) is 0 Å². The molecule has 1 saturated carbocycles. The lowest BCUT2D eigenvalue weighted by atomic mass is 9.94. The van der Waals surface area contributed by atoms with Crippen LogP contribution in [0.5, 0.6) is 11.5 Å². The van der Waals surface area contributed by atoms with Crippen LogP contribution in [0.25, 0.3) is 0 Å². The van der Waals surface area contributed by atoms with Crippen molar-refractivity contribution in [3.05, 3.63) is 95.1 Å². The monoisotopic (exact) mass is 540 g/mol. The van der Waals surface area contributed by atoms with E-state index in [1.807, 2.05) is 48.5 Å². The molecule has 2 amide bonds. The third kappa shape index (κ3) is 7.44. The number of carbonyl (C=O) groups is 2. The summed E-state index contributed by atoms with van der Waals surface area (Å²) >= 11 is 0. The highest BCUT2D eigenvalue weighted by atomic mass is 16.6. The topological polar surface area (TPSA) is 67.9 Å². The van der Waals surface area contributed by atoms with Crippen molar-refractivity contribution in [3.63, 3.8) is 0 Å². The van der Waals surface area contributed by atoms with Crippen LogP contribution in [0, 0.1) is 6.92 Å². The van der Waals surface area contributed by atoms with Gasteiger partial charge in [0.15, 0.2) is 11.5 Å². The zero-order valence-corrected chi connectivity index (χ0v) is 23.4. The average Bonchev–Trinajstić information content (AvgIpc) is 2.99. The van der Waals surface area contributed by atoms with Gasteiger partial charge < -0.3 is 19.7 Å². The van der Waals surface area contributed by atoms with Crippen LogP contribution in [-0.4, -0.2) is 42.0 Å². The van der Waals surface area contributed by atoms with Crippen LogP contribution in [0.3, 0.4) is 0 Å². The third-order valence-electron chi connectivity index (χ3n) is 7.93. The predicted molar refractivity (Wildman–Crippen MR) is 156 cm³/mol. The summed E-state index contributed by atoms with van der Waals surface area (Å²) in [6.45, 7) is 3.51. The molecule has 0 radical (unpaired) electrons. The summed E-state index contributed by atoms with van der Waals surface area (Å²) in [6.07, 6.45) is 6.82. The Morgan fingerprint density at radius 3 is 2.30 bits per heavy atom. The Hall–Kier alpha value is -3.80. The molecule has 1 heterocycles. The fourth-order valence-electron chi connectivity index (χ4n) is 5.63. The molecule has 0 spiro atoms. The Bertz CT molecular complexity index is 1270. The summed E-state index contributed by atoms with van der Waals surface area (Å²) in [5.41, 5.74) is 4.23.